The molecule has 0 saturated carbocycles. The third-order valence-corrected chi connectivity index (χ3v) is 3.76. The van der Waals surface area contributed by atoms with Crippen molar-refractivity contribution in [3.05, 3.63) is 54.5 Å². The lowest BCUT2D eigenvalue weighted by molar-refractivity contribution is 0.461. The number of hydrogen-bond donors (Lipinski definition) is 1. The van der Waals surface area contributed by atoms with Gasteiger partial charge in [-0.1, -0.05) is 18.2 Å². The fourth-order valence-corrected chi connectivity index (χ4v) is 2.60. The van der Waals surface area contributed by atoms with Crippen LogP contribution in [0.2, 0.25) is 0 Å². The second kappa shape index (κ2) is 5.64. The van der Waals surface area contributed by atoms with Gasteiger partial charge in [0.05, 0.1) is 5.69 Å². The van der Waals surface area contributed by atoms with Gasteiger partial charge in [-0.3, -0.25) is 9.67 Å². The van der Waals surface area contributed by atoms with Crippen LogP contribution in [0.4, 0.5) is 0 Å². The molecule has 0 saturated heterocycles. The Hall–Kier alpha value is -2.62. The second-order valence-corrected chi connectivity index (χ2v) is 5.64. The zero-order valence-electron chi connectivity index (χ0n) is 13.0. The number of benzene rings is 1. The summed E-state index contributed by atoms with van der Waals surface area (Å²) in [6.07, 6.45) is 3.55. The third kappa shape index (κ3) is 2.48. The van der Waals surface area contributed by atoms with Crippen LogP contribution in [0.25, 0.3) is 22.4 Å². The molecule has 1 aromatic carbocycles. The van der Waals surface area contributed by atoms with Crippen LogP contribution in [0.5, 0.6) is 5.75 Å². The van der Waals surface area contributed by atoms with E-state index in [-0.39, 0.29) is 11.8 Å². The molecule has 1 N–H and O–H groups in total. The number of aromatic hydroxyl groups is 1. The molecule has 3 aromatic rings. The maximum atomic E-state index is 10.4. The number of nitrogens with zero attached hydrogens (tertiary/aromatic N) is 3. The molecule has 4 nitrogen and oxygen atoms in total. The van der Waals surface area contributed by atoms with E-state index >= 15 is 0 Å². The van der Waals surface area contributed by atoms with Gasteiger partial charge in [-0.25, -0.2) is 0 Å². The summed E-state index contributed by atoms with van der Waals surface area (Å²) in [4.78, 5) is 4.04. The highest BCUT2D eigenvalue weighted by atomic mass is 16.3. The van der Waals surface area contributed by atoms with Crippen molar-refractivity contribution in [3.8, 4) is 28.1 Å². The Balaban J connectivity index is 2.09. The quantitative estimate of drug-likeness (QED) is 0.787. The predicted octanol–water partition coefficient (Wildman–Crippen LogP) is 4.21. The Morgan fingerprint density at radius 3 is 2.32 bits per heavy atom. The van der Waals surface area contributed by atoms with E-state index in [0.29, 0.717) is 5.69 Å². The van der Waals surface area contributed by atoms with E-state index in [0.717, 1.165) is 22.4 Å². The highest BCUT2D eigenvalue weighted by molar-refractivity contribution is 5.74. The minimum Gasteiger partial charge on any atom is -0.504 e. The molecular formula is C18H19N3O. The van der Waals surface area contributed by atoms with Gasteiger partial charge in [0.25, 0.3) is 0 Å². The summed E-state index contributed by atoms with van der Waals surface area (Å²) in [6, 6.07) is 12.2. The van der Waals surface area contributed by atoms with Crippen molar-refractivity contribution in [3.63, 3.8) is 0 Å². The van der Waals surface area contributed by atoms with Crippen LogP contribution in [-0.2, 0) is 0 Å². The van der Waals surface area contributed by atoms with E-state index in [1.165, 1.54) is 0 Å². The fraction of sp³-hybridized carbons (Fsp3) is 0.222. The van der Waals surface area contributed by atoms with Crippen LogP contribution in [0.3, 0.4) is 0 Å². The van der Waals surface area contributed by atoms with E-state index in [4.69, 9.17) is 0 Å². The van der Waals surface area contributed by atoms with Crippen LogP contribution in [-0.4, -0.2) is 19.9 Å². The predicted molar refractivity (Wildman–Crippen MR) is 87.7 cm³/mol. The molecule has 0 aliphatic heterocycles. The molecule has 0 aliphatic carbocycles. The van der Waals surface area contributed by atoms with Crippen molar-refractivity contribution in [2.75, 3.05) is 0 Å². The van der Waals surface area contributed by atoms with Crippen molar-refractivity contribution < 1.29 is 5.11 Å². The molecule has 3 rings (SSSR count). The minimum absolute atomic E-state index is 0.211. The molecule has 0 atom stereocenters. The van der Waals surface area contributed by atoms with Crippen molar-refractivity contribution in [1.29, 1.82) is 0 Å². The zero-order valence-corrected chi connectivity index (χ0v) is 13.0. The Bertz CT molecular complexity index is 791. The van der Waals surface area contributed by atoms with Gasteiger partial charge in [-0.2, -0.15) is 5.10 Å². The summed E-state index contributed by atoms with van der Waals surface area (Å²) in [5.74, 6) is 0.251. The average Bonchev–Trinajstić information content (AvgIpc) is 2.84. The lowest BCUT2D eigenvalue weighted by Gasteiger charge is -2.06. The zero-order chi connectivity index (χ0) is 15.7. The van der Waals surface area contributed by atoms with E-state index < -0.39 is 0 Å². The van der Waals surface area contributed by atoms with Gasteiger partial charge in [0.2, 0.25) is 0 Å². The number of rotatable bonds is 3. The van der Waals surface area contributed by atoms with Crippen molar-refractivity contribution in [2.45, 2.75) is 26.8 Å². The molecule has 0 bridgehead atoms. The standard InChI is InChI=1S/C18H19N3O/c1-12(2)21-13(3)18(22)17(20-21)16-6-4-5-15(11-16)14-7-9-19-10-8-14/h4-12,22H,1-3H3. The first kappa shape index (κ1) is 14.3. The van der Waals surface area contributed by atoms with Crippen LogP contribution >= 0.6 is 0 Å². The minimum atomic E-state index is 0.211. The molecule has 2 aromatic heterocycles. The Kier molecular flexibility index (Phi) is 3.67. The maximum Gasteiger partial charge on any atom is 0.164 e. The summed E-state index contributed by atoms with van der Waals surface area (Å²) in [6.45, 7) is 5.99. The SMILES string of the molecule is Cc1c(O)c(-c2cccc(-c3ccncc3)c2)nn1C(C)C. The topological polar surface area (TPSA) is 50.9 Å². The van der Waals surface area contributed by atoms with Crippen molar-refractivity contribution in [2.24, 2.45) is 0 Å². The molecule has 0 fully saturated rings. The monoisotopic (exact) mass is 293 g/mol. The summed E-state index contributed by atoms with van der Waals surface area (Å²) in [7, 11) is 0. The smallest absolute Gasteiger partial charge is 0.164 e. The average molecular weight is 293 g/mol. The Morgan fingerprint density at radius 1 is 1.00 bits per heavy atom. The first-order valence-corrected chi connectivity index (χ1v) is 7.37. The number of hydrogen-bond acceptors (Lipinski definition) is 3. The Morgan fingerprint density at radius 2 is 1.68 bits per heavy atom. The second-order valence-electron chi connectivity index (χ2n) is 5.64. The van der Waals surface area contributed by atoms with Crippen molar-refractivity contribution >= 4 is 0 Å². The summed E-state index contributed by atoms with van der Waals surface area (Å²) in [5, 5.41) is 15.0. The summed E-state index contributed by atoms with van der Waals surface area (Å²) in [5.41, 5.74) is 4.50. The molecule has 0 unspecified atom stereocenters. The van der Waals surface area contributed by atoms with E-state index in [1.807, 2.05) is 48.0 Å². The molecule has 0 amide bonds. The first-order valence-electron chi connectivity index (χ1n) is 7.37. The van der Waals surface area contributed by atoms with E-state index in [2.05, 4.69) is 23.9 Å². The van der Waals surface area contributed by atoms with E-state index in [9.17, 15) is 5.11 Å². The molecule has 0 spiro atoms. The molecule has 0 aliphatic rings. The van der Waals surface area contributed by atoms with Gasteiger partial charge in [-0.05, 0) is 50.1 Å². The van der Waals surface area contributed by atoms with Crippen molar-refractivity contribution in [1.82, 2.24) is 14.8 Å². The Labute approximate surface area is 130 Å². The van der Waals surface area contributed by atoms with Gasteiger partial charge in [0, 0.05) is 24.0 Å². The molecule has 4 heteroatoms. The lowest BCUT2D eigenvalue weighted by Crippen LogP contribution is -2.04. The third-order valence-electron chi connectivity index (χ3n) is 3.76. The van der Waals surface area contributed by atoms with Crippen LogP contribution in [0, 0.1) is 6.92 Å². The highest BCUT2D eigenvalue weighted by Crippen LogP contribution is 2.34. The van der Waals surface area contributed by atoms with Crippen LogP contribution in [0.15, 0.2) is 48.8 Å². The molecular weight excluding hydrogens is 274 g/mol. The van der Waals surface area contributed by atoms with Crippen LogP contribution < -0.4 is 0 Å². The number of aromatic nitrogens is 3. The van der Waals surface area contributed by atoms with Gasteiger partial charge in [0.15, 0.2) is 5.75 Å². The molecule has 22 heavy (non-hydrogen) atoms. The van der Waals surface area contributed by atoms with Crippen LogP contribution in [0.1, 0.15) is 25.6 Å². The normalized spacial score (nSPS) is 11.1. The number of pyridine rings is 1. The maximum absolute atomic E-state index is 10.4. The first-order chi connectivity index (χ1) is 10.6. The fourth-order valence-electron chi connectivity index (χ4n) is 2.60. The van der Waals surface area contributed by atoms with E-state index in [1.54, 1.807) is 12.4 Å². The van der Waals surface area contributed by atoms with Gasteiger partial charge < -0.3 is 5.11 Å². The molecule has 0 radical (unpaired) electrons. The molecule has 2 heterocycles. The summed E-state index contributed by atoms with van der Waals surface area (Å²) >= 11 is 0. The highest BCUT2D eigenvalue weighted by Gasteiger charge is 2.17. The largest absolute Gasteiger partial charge is 0.504 e. The molecule has 112 valence electrons. The lowest BCUT2D eigenvalue weighted by atomic mass is 10.0. The van der Waals surface area contributed by atoms with Gasteiger partial charge >= 0.3 is 0 Å². The van der Waals surface area contributed by atoms with Gasteiger partial charge in [-0.15, -0.1) is 0 Å². The summed E-state index contributed by atoms with van der Waals surface area (Å²) < 4.78 is 1.85. The van der Waals surface area contributed by atoms with Gasteiger partial charge in [0.1, 0.15) is 5.69 Å².